The van der Waals surface area contributed by atoms with Crippen LogP contribution in [0, 0.1) is 10.1 Å². The Labute approximate surface area is 170 Å². The van der Waals surface area contributed by atoms with Crippen LogP contribution in [0.4, 0.5) is 16.3 Å². The first kappa shape index (κ1) is 19.1. The van der Waals surface area contributed by atoms with Gasteiger partial charge in [-0.3, -0.25) is 10.1 Å². The Kier molecular flexibility index (Phi) is 4.88. The van der Waals surface area contributed by atoms with E-state index in [4.69, 9.17) is 0 Å². The van der Waals surface area contributed by atoms with Crippen molar-refractivity contribution in [2.45, 2.75) is 6.42 Å². The van der Waals surface area contributed by atoms with Gasteiger partial charge in [0.05, 0.1) is 24.1 Å². The molecule has 2 aromatic carbocycles. The number of hydrogen-bond acceptors (Lipinski definition) is 6. The number of nitrogens with one attached hydrogen (secondary N) is 2. The van der Waals surface area contributed by atoms with Crippen molar-refractivity contribution in [3.63, 3.8) is 0 Å². The highest BCUT2D eigenvalue weighted by Gasteiger charge is 2.25. The van der Waals surface area contributed by atoms with E-state index in [0.29, 0.717) is 41.0 Å². The number of nitro groups is 1. The Balaban J connectivity index is 1.75. The van der Waals surface area contributed by atoms with Gasteiger partial charge in [-0.05, 0) is 52.8 Å². The van der Waals surface area contributed by atoms with E-state index in [9.17, 15) is 19.7 Å². The molecule has 1 aromatic heterocycles. The highest BCUT2D eigenvalue weighted by atomic mass is 16.6. The fourth-order valence-corrected chi connectivity index (χ4v) is 3.33. The van der Waals surface area contributed by atoms with Crippen molar-refractivity contribution < 1.29 is 19.2 Å². The van der Waals surface area contributed by atoms with Crippen LogP contribution in [-0.2, 0) is 11.2 Å². The Morgan fingerprint density at radius 1 is 1.27 bits per heavy atom. The fraction of sp³-hybridized carbons (Fsp3) is 0.150. The maximum absolute atomic E-state index is 12.0. The molecule has 1 aliphatic heterocycles. The molecular formula is C20H17N5O5. The van der Waals surface area contributed by atoms with Crippen LogP contribution in [0.1, 0.15) is 15.9 Å². The summed E-state index contributed by atoms with van der Waals surface area (Å²) in [7, 11) is 1.25. The van der Waals surface area contributed by atoms with Crippen LogP contribution in [0.5, 0.6) is 0 Å². The van der Waals surface area contributed by atoms with E-state index in [1.165, 1.54) is 11.8 Å². The van der Waals surface area contributed by atoms with Crippen molar-refractivity contribution in [1.29, 1.82) is 0 Å². The second-order valence-electron chi connectivity index (χ2n) is 6.61. The lowest BCUT2D eigenvalue weighted by atomic mass is 9.96. The minimum absolute atomic E-state index is 0.150. The van der Waals surface area contributed by atoms with Crippen molar-refractivity contribution in [1.82, 2.24) is 15.1 Å². The number of hydrogen-bond donors (Lipinski definition) is 2. The Bertz CT molecular complexity index is 1170. The van der Waals surface area contributed by atoms with E-state index >= 15 is 0 Å². The van der Waals surface area contributed by atoms with Crippen LogP contribution in [0.15, 0.2) is 48.7 Å². The summed E-state index contributed by atoms with van der Waals surface area (Å²) in [4.78, 5) is 34.5. The Morgan fingerprint density at radius 3 is 2.87 bits per heavy atom. The molecule has 0 saturated heterocycles. The van der Waals surface area contributed by atoms with Crippen LogP contribution in [0.25, 0.3) is 16.8 Å². The van der Waals surface area contributed by atoms with Gasteiger partial charge in [0.2, 0.25) is 0 Å². The third kappa shape index (κ3) is 3.58. The van der Waals surface area contributed by atoms with Crippen molar-refractivity contribution in [2.24, 2.45) is 0 Å². The summed E-state index contributed by atoms with van der Waals surface area (Å²) in [6.07, 6.45) is 1.58. The largest absolute Gasteiger partial charge is 0.453 e. The lowest BCUT2D eigenvalue weighted by Crippen LogP contribution is -2.31. The van der Waals surface area contributed by atoms with E-state index in [-0.39, 0.29) is 11.7 Å². The number of anilines is 1. The van der Waals surface area contributed by atoms with Gasteiger partial charge in [0.1, 0.15) is 5.56 Å². The molecule has 0 radical (unpaired) electrons. The summed E-state index contributed by atoms with van der Waals surface area (Å²) >= 11 is 0. The molecule has 0 aliphatic carbocycles. The Morgan fingerprint density at radius 2 is 2.10 bits per heavy atom. The highest BCUT2D eigenvalue weighted by molar-refractivity contribution is 5.97. The standard InChI is InChI=1S/C20H17N5O5/c1-30-20(27)22-14-3-2-4-15(10-14)24-11-17(18(23-24)25(28)29)12-5-6-16-13(9-12)7-8-21-19(16)26/h2-6,9-11H,7-8H2,1H3,(H,21,26)(H,22,27). The summed E-state index contributed by atoms with van der Waals surface area (Å²) < 4.78 is 5.95. The van der Waals surface area contributed by atoms with E-state index in [1.807, 2.05) is 0 Å². The number of amides is 2. The zero-order valence-corrected chi connectivity index (χ0v) is 15.9. The molecule has 30 heavy (non-hydrogen) atoms. The molecule has 0 spiro atoms. The molecular weight excluding hydrogens is 390 g/mol. The van der Waals surface area contributed by atoms with Gasteiger partial charge < -0.3 is 20.2 Å². The fourth-order valence-electron chi connectivity index (χ4n) is 3.33. The molecule has 2 amide bonds. The number of rotatable bonds is 4. The number of carbonyl (C=O) groups is 2. The highest BCUT2D eigenvalue weighted by Crippen LogP contribution is 2.32. The number of benzene rings is 2. The van der Waals surface area contributed by atoms with Gasteiger partial charge >= 0.3 is 11.9 Å². The maximum atomic E-state index is 12.0. The lowest BCUT2D eigenvalue weighted by Gasteiger charge is -2.16. The molecule has 2 N–H and O–H groups in total. The van der Waals surface area contributed by atoms with Gasteiger partial charge in [-0.25, -0.2) is 4.79 Å². The van der Waals surface area contributed by atoms with E-state index < -0.39 is 11.0 Å². The molecule has 10 heteroatoms. The van der Waals surface area contributed by atoms with Crippen molar-refractivity contribution in [2.75, 3.05) is 19.0 Å². The van der Waals surface area contributed by atoms with Gasteiger partial charge in [-0.15, -0.1) is 4.68 Å². The number of nitrogens with zero attached hydrogens (tertiary/aromatic N) is 3. The Hall–Kier alpha value is -4.21. The molecule has 0 saturated carbocycles. The minimum Gasteiger partial charge on any atom is -0.453 e. The molecule has 0 atom stereocenters. The minimum atomic E-state index is -0.627. The summed E-state index contributed by atoms with van der Waals surface area (Å²) in [5, 5.41) is 21.1. The van der Waals surface area contributed by atoms with Crippen molar-refractivity contribution in [3.8, 4) is 16.8 Å². The predicted molar refractivity (Wildman–Crippen MR) is 108 cm³/mol. The van der Waals surface area contributed by atoms with Gasteiger partial charge in [0.25, 0.3) is 5.91 Å². The van der Waals surface area contributed by atoms with Gasteiger partial charge in [-0.2, -0.15) is 0 Å². The topological polar surface area (TPSA) is 128 Å². The van der Waals surface area contributed by atoms with Crippen molar-refractivity contribution >= 4 is 23.5 Å². The summed E-state index contributed by atoms with van der Waals surface area (Å²) in [6.45, 7) is 0.524. The number of fused-ring (bicyclic) bond motifs is 1. The first-order chi connectivity index (χ1) is 14.5. The quantitative estimate of drug-likeness (QED) is 0.505. The molecule has 1 aliphatic rings. The molecule has 2 heterocycles. The van der Waals surface area contributed by atoms with Crippen LogP contribution >= 0.6 is 0 Å². The molecule has 3 aromatic rings. The molecule has 10 nitrogen and oxygen atoms in total. The van der Waals surface area contributed by atoms with Crippen LogP contribution in [0.3, 0.4) is 0 Å². The predicted octanol–water partition coefficient (Wildman–Crippen LogP) is 2.91. The second-order valence-corrected chi connectivity index (χ2v) is 6.61. The lowest BCUT2D eigenvalue weighted by molar-refractivity contribution is -0.389. The van der Waals surface area contributed by atoms with E-state index in [2.05, 4.69) is 20.5 Å². The summed E-state index contributed by atoms with van der Waals surface area (Å²) in [5.74, 6) is -0.454. The molecule has 0 unspecified atom stereocenters. The average Bonchev–Trinajstić information content (AvgIpc) is 3.20. The summed E-state index contributed by atoms with van der Waals surface area (Å²) in [5.41, 5.74) is 3.32. The zero-order valence-electron chi connectivity index (χ0n) is 15.9. The first-order valence-corrected chi connectivity index (χ1v) is 9.07. The first-order valence-electron chi connectivity index (χ1n) is 9.07. The monoisotopic (exact) mass is 407 g/mol. The maximum Gasteiger partial charge on any atom is 0.411 e. The smallest absolute Gasteiger partial charge is 0.411 e. The molecule has 0 fully saturated rings. The zero-order chi connectivity index (χ0) is 21.3. The molecule has 152 valence electrons. The van der Waals surface area contributed by atoms with Gasteiger partial charge in [-0.1, -0.05) is 12.1 Å². The SMILES string of the molecule is COC(=O)Nc1cccc(-n2cc(-c3ccc4c(c3)CCNC4=O)c([N+](=O)[O-])n2)c1. The van der Waals surface area contributed by atoms with Crippen LogP contribution < -0.4 is 10.6 Å². The molecule has 4 rings (SSSR count). The van der Waals surface area contributed by atoms with E-state index in [0.717, 1.165) is 5.56 Å². The number of carbonyl (C=O) groups excluding carboxylic acids is 2. The second kappa shape index (κ2) is 7.66. The van der Waals surface area contributed by atoms with E-state index in [1.54, 1.807) is 48.7 Å². The van der Waals surface area contributed by atoms with Crippen LogP contribution in [0.2, 0.25) is 0 Å². The number of aromatic nitrogens is 2. The summed E-state index contributed by atoms with van der Waals surface area (Å²) in [6, 6.07) is 11.8. The van der Waals surface area contributed by atoms with Crippen LogP contribution in [-0.4, -0.2) is 40.4 Å². The average molecular weight is 407 g/mol. The number of methoxy groups -OCH3 is 1. The van der Waals surface area contributed by atoms with Crippen molar-refractivity contribution in [3.05, 3.63) is 69.9 Å². The van der Waals surface area contributed by atoms with Gasteiger partial charge in [0.15, 0.2) is 0 Å². The third-order valence-corrected chi connectivity index (χ3v) is 4.75. The van der Waals surface area contributed by atoms with Gasteiger partial charge in [0, 0.05) is 17.8 Å². The number of ether oxygens (including phenoxy) is 1. The normalized spacial score (nSPS) is 12.6. The third-order valence-electron chi connectivity index (χ3n) is 4.75. The molecule has 0 bridgehead atoms.